The van der Waals surface area contributed by atoms with Crippen LogP contribution in [0.4, 0.5) is 5.69 Å². The Hall–Kier alpha value is -2.73. The molecule has 0 bridgehead atoms. The van der Waals surface area contributed by atoms with E-state index in [2.05, 4.69) is 15.8 Å². The fraction of sp³-hybridized carbons (Fsp3) is 0. The predicted molar refractivity (Wildman–Crippen MR) is 84.2 cm³/mol. The van der Waals surface area contributed by atoms with Gasteiger partial charge in [-0.2, -0.15) is 5.10 Å². The van der Waals surface area contributed by atoms with E-state index >= 15 is 0 Å². The second-order valence-corrected chi connectivity index (χ2v) is 4.51. The largest absolute Gasteiger partial charge is 0.545 e. The molecular formula is C15H12N3O2S-. The molecule has 0 aromatic heterocycles. The van der Waals surface area contributed by atoms with Gasteiger partial charge < -0.3 is 15.2 Å². The number of thiocarbonyl (C=S) groups is 1. The van der Waals surface area contributed by atoms with Gasteiger partial charge in [-0.25, -0.2) is 0 Å². The number of rotatable bonds is 4. The summed E-state index contributed by atoms with van der Waals surface area (Å²) < 4.78 is 0. The summed E-state index contributed by atoms with van der Waals surface area (Å²) in [6.45, 7) is 0. The monoisotopic (exact) mass is 298 g/mol. The molecule has 0 spiro atoms. The molecule has 2 aromatic rings. The molecule has 0 saturated heterocycles. The number of para-hydroxylation sites is 1. The van der Waals surface area contributed by atoms with Gasteiger partial charge >= 0.3 is 0 Å². The third-order valence-electron chi connectivity index (χ3n) is 2.56. The minimum atomic E-state index is -1.20. The lowest BCUT2D eigenvalue weighted by Crippen LogP contribution is -2.23. The van der Waals surface area contributed by atoms with Gasteiger partial charge in [0.1, 0.15) is 0 Å². The van der Waals surface area contributed by atoms with Crippen LogP contribution in [0.1, 0.15) is 15.9 Å². The van der Waals surface area contributed by atoms with Crippen molar-refractivity contribution >= 4 is 35.2 Å². The van der Waals surface area contributed by atoms with Gasteiger partial charge in [0.05, 0.1) is 12.2 Å². The van der Waals surface area contributed by atoms with Crippen molar-refractivity contribution in [3.05, 3.63) is 65.7 Å². The third-order valence-corrected chi connectivity index (χ3v) is 2.75. The van der Waals surface area contributed by atoms with Gasteiger partial charge in [-0.3, -0.25) is 5.43 Å². The van der Waals surface area contributed by atoms with E-state index < -0.39 is 5.97 Å². The van der Waals surface area contributed by atoms with Gasteiger partial charge in [0, 0.05) is 5.69 Å². The Balaban J connectivity index is 1.87. The Bertz CT molecular complexity index is 654. The van der Waals surface area contributed by atoms with Crippen LogP contribution in [0.25, 0.3) is 0 Å². The smallest absolute Gasteiger partial charge is 0.191 e. The van der Waals surface area contributed by atoms with Crippen molar-refractivity contribution in [1.29, 1.82) is 0 Å². The number of anilines is 1. The Morgan fingerprint density at radius 2 is 1.76 bits per heavy atom. The maximum Gasteiger partial charge on any atom is 0.191 e. The average Bonchev–Trinajstić information content (AvgIpc) is 2.49. The van der Waals surface area contributed by atoms with Crippen LogP contribution in [0.3, 0.4) is 0 Å². The Morgan fingerprint density at radius 3 is 2.38 bits per heavy atom. The second kappa shape index (κ2) is 7.16. The van der Waals surface area contributed by atoms with E-state index in [1.54, 1.807) is 12.1 Å². The van der Waals surface area contributed by atoms with Gasteiger partial charge in [0.2, 0.25) is 0 Å². The highest BCUT2D eigenvalue weighted by Gasteiger charge is 1.95. The van der Waals surface area contributed by atoms with Crippen molar-refractivity contribution in [3.8, 4) is 0 Å². The quantitative estimate of drug-likeness (QED) is 0.506. The molecule has 0 unspecified atom stereocenters. The van der Waals surface area contributed by atoms with Crippen molar-refractivity contribution in [2.24, 2.45) is 5.10 Å². The van der Waals surface area contributed by atoms with Crippen molar-refractivity contribution in [2.75, 3.05) is 5.32 Å². The maximum absolute atomic E-state index is 10.6. The van der Waals surface area contributed by atoms with E-state index in [4.69, 9.17) is 12.2 Å². The van der Waals surface area contributed by atoms with Crippen molar-refractivity contribution in [1.82, 2.24) is 5.43 Å². The fourth-order valence-corrected chi connectivity index (χ4v) is 1.72. The summed E-state index contributed by atoms with van der Waals surface area (Å²) in [5.74, 6) is -1.20. The van der Waals surface area contributed by atoms with Crippen molar-refractivity contribution in [3.63, 3.8) is 0 Å². The maximum atomic E-state index is 10.6. The molecule has 0 aliphatic carbocycles. The van der Waals surface area contributed by atoms with Gasteiger partial charge in [-0.15, -0.1) is 0 Å². The minimum Gasteiger partial charge on any atom is -0.545 e. The number of hydrogen-bond donors (Lipinski definition) is 2. The molecule has 2 N–H and O–H groups in total. The predicted octanol–water partition coefficient (Wildman–Crippen LogP) is 1.37. The molecule has 0 aliphatic rings. The topological polar surface area (TPSA) is 76.5 Å². The molecule has 0 aliphatic heterocycles. The van der Waals surface area contributed by atoms with Crippen molar-refractivity contribution < 1.29 is 9.90 Å². The highest BCUT2D eigenvalue weighted by atomic mass is 32.1. The number of hydrazone groups is 1. The molecule has 0 fully saturated rings. The van der Waals surface area contributed by atoms with E-state index in [0.29, 0.717) is 5.11 Å². The number of nitrogens with zero attached hydrogens (tertiary/aromatic N) is 1. The zero-order valence-corrected chi connectivity index (χ0v) is 11.8. The summed E-state index contributed by atoms with van der Waals surface area (Å²) in [5.41, 5.74) is 4.41. The van der Waals surface area contributed by atoms with Crippen LogP contribution in [0.15, 0.2) is 59.7 Å². The highest BCUT2D eigenvalue weighted by molar-refractivity contribution is 7.80. The lowest BCUT2D eigenvalue weighted by atomic mass is 10.1. The lowest BCUT2D eigenvalue weighted by Gasteiger charge is -2.06. The summed E-state index contributed by atoms with van der Waals surface area (Å²) >= 11 is 5.08. The summed E-state index contributed by atoms with van der Waals surface area (Å²) in [7, 11) is 0. The molecule has 5 nitrogen and oxygen atoms in total. The summed E-state index contributed by atoms with van der Waals surface area (Å²) in [6.07, 6.45) is 1.54. The zero-order valence-electron chi connectivity index (χ0n) is 10.9. The molecule has 106 valence electrons. The molecule has 2 rings (SSSR count). The zero-order chi connectivity index (χ0) is 15.1. The van der Waals surface area contributed by atoms with Crippen LogP contribution in [0.2, 0.25) is 0 Å². The summed E-state index contributed by atoms with van der Waals surface area (Å²) in [6, 6.07) is 15.6. The number of carbonyl (C=O) groups is 1. The van der Waals surface area contributed by atoms with Crippen LogP contribution in [-0.4, -0.2) is 17.3 Å². The van der Waals surface area contributed by atoms with E-state index in [0.717, 1.165) is 11.3 Å². The number of carboxylic acids is 1. The number of carboxylic acid groups (broad SMARTS) is 1. The van der Waals surface area contributed by atoms with E-state index in [1.165, 1.54) is 18.3 Å². The normalized spacial score (nSPS) is 10.3. The van der Waals surface area contributed by atoms with Crippen LogP contribution >= 0.6 is 12.2 Å². The van der Waals surface area contributed by atoms with Gasteiger partial charge in [0.15, 0.2) is 5.11 Å². The number of nitrogens with one attached hydrogen (secondary N) is 2. The minimum absolute atomic E-state index is 0.126. The SMILES string of the molecule is O=C([O-])c1ccc(/C=N/NC(=S)Nc2ccccc2)cc1. The van der Waals surface area contributed by atoms with Crippen molar-refractivity contribution in [2.45, 2.75) is 0 Å². The molecule has 0 radical (unpaired) electrons. The summed E-state index contributed by atoms with van der Waals surface area (Å²) in [5, 5.41) is 17.9. The van der Waals surface area contributed by atoms with Crippen LogP contribution < -0.4 is 15.8 Å². The number of hydrogen-bond acceptors (Lipinski definition) is 4. The van der Waals surface area contributed by atoms with Crippen LogP contribution in [-0.2, 0) is 0 Å². The third kappa shape index (κ3) is 4.70. The van der Waals surface area contributed by atoms with Gasteiger partial charge in [0.25, 0.3) is 0 Å². The first kappa shape index (κ1) is 14.7. The number of aromatic carboxylic acids is 1. The Morgan fingerprint density at radius 1 is 1.10 bits per heavy atom. The molecule has 2 aromatic carbocycles. The Kier molecular flexibility index (Phi) is 5.00. The standard InChI is InChI=1S/C15H13N3O2S/c19-14(20)12-8-6-11(7-9-12)10-16-18-15(21)17-13-4-2-1-3-5-13/h1-10H,(H,19,20)(H2,17,18,21)/p-1/b16-10+. The highest BCUT2D eigenvalue weighted by Crippen LogP contribution is 2.04. The first-order chi connectivity index (χ1) is 10.1. The molecular weight excluding hydrogens is 286 g/mol. The number of carbonyl (C=O) groups excluding carboxylic acids is 1. The summed E-state index contributed by atoms with van der Waals surface area (Å²) in [4.78, 5) is 10.6. The first-order valence-electron chi connectivity index (χ1n) is 6.11. The van der Waals surface area contributed by atoms with Gasteiger partial charge in [-0.05, 0) is 35.5 Å². The molecule has 0 atom stereocenters. The first-order valence-corrected chi connectivity index (χ1v) is 6.52. The lowest BCUT2D eigenvalue weighted by molar-refractivity contribution is -0.255. The molecule has 0 heterocycles. The van der Waals surface area contributed by atoms with E-state index in [-0.39, 0.29) is 5.56 Å². The van der Waals surface area contributed by atoms with Crippen LogP contribution in [0.5, 0.6) is 0 Å². The fourth-order valence-electron chi connectivity index (χ4n) is 1.55. The molecule has 0 amide bonds. The Labute approximate surface area is 127 Å². The number of benzene rings is 2. The van der Waals surface area contributed by atoms with Crippen LogP contribution in [0, 0.1) is 0 Å². The molecule has 6 heteroatoms. The van der Waals surface area contributed by atoms with E-state index in [1.807, 2.05) is 30.3 Å². The second-order valence-electron chi connectivity index (χ2n) is 4.10. The molecule has 21 heavy (non-hydrogen) atoms. The molecule has 0 saturated carbocycles. The average molecular weight is 298 g/mol. The van der Waals surface area contributed by atoms with E-state index in [9.17, 15) is 9.90 Å². The van der Waals surface area contributed by atoms with Gasteiger partial charge in [-0.1, -0.05) is 42.5 Å².